The summed E-state index contributed by atoms with van der Waals surface area (Å²) < 4.78 is 14.8. The molecule has 0 aliphatic carbocycles. The molecule has 0 fully saturated rings. The number of anilines is 1. The van der Waals surface area contributed by atoms with Crippen molar-refractivity contribution in [2.24, 2.45) is 0 Å². The van der Waals surface area contributed by atoms with Crippen molar-refractivity contribution in [1.29, 1.82) is 0 Å². The molecule has 112 valence electrons. The van der Waals surface area contributed by atoms with E-state index >= 15 is 0 Å². The topological polar surface area (TPSA) is 46.9 Å². The number of rotatable bonds is 4. The second-order valence-electron chi connectivity index (χ2n) is 5.10. The molecule has 0 aliphatic heterocycles. The normalized spacial score (nSPS) is 12.2. The highest BCUT2D eigenvalue weighted by molar-refractivity contribution is 6.33. The van der Waals surface area contributed by atoms with E-state index in [0.717, 1.165) is 11.4 Å². The number of amides is 1. The summed E-state index contributed by atoms with van der Waals surface area (Å²) in [6.07, 6.45) is 0.260. The number of nitrogens with one attached hydrogen (secondary N) is 1. The number of aromatic nitrogens is 2. The largest absolute Gasteiger partial charge is 0.325 e. The Balaban J connectivity index is 2.03. The minimum absolute atomic E-state index is 0.0714. The second kappa shape index (κ2) is 6.26. The molecular weight excluding hydrogens is 293 g/mol. The van der Waals surface area contributed by atoms with Crippen LogP contribution in [0, 0.1) is 19.7 Å². The van der Waals surface area contributed by atoms with E-state index in [1.54, 1.807) is 0 Å². The molecule has 0 aliphatic rings. The molecule has 4 nitrogen and oxygen atoms in total. The summed E-state index contributed by atoms with van der Waals surface area (Å²) in [6, 6.07) is 5.76. The molecule has 0 spiro atoms. The lowest BCUT2D eigenvalue weighted by molar-refractivity contribution is -0.116. The van der Waals surface area contributed by atoms with Gasteiger partial charge in [-0.05, 0) is 45.0 Å². The molecule has 1 N–H and O–H groups in total. The summed E-state index contributed by atoms with van der Waals surface area (Å²) in [5.41, 5.74) is 2.33. The van der Waals surface area contributed by atoms with Crippen molar-refractivity contribution < 1.29 is 9.18 Å². The van der Waals surface area contributed by atoms with Gasteiger partial charge in [0.25, 0.3) is 0 Å². The zero-order valence-corrected chi connectivity index (χ0v) is 12.9. The monoisotopic (exact) mass is 309 g/mol. The van der Waals surface area contributed by atoms with Crippen LogP contribution in [0.2, 0.25) is 5.02 Å². The highest BCUT2D eigenvalue weighted by Gasteiger charge is 2.15. The van der Waals surface area contributed by atoms with Crippen molar-refractivity contribution in [3.8, 4) is 0 Å². The molecular formula is C15H17ClFN3O. The molecule has 21 heavy (non-hydrogen) atoms. The number of benzene rings is 1. The molecule has 0 bridgehead atoms. The van der Waals surface area contributed by atoms with Crippen LogP contribution < -0.4 is 5.32 Å². The van der Waals surface area contributed by atoms with E-state index in [1.165, 1.54) is 18.2 Å². The van der Waals surface area contributed by atoms with Crippen LogP contribution in [0.4, 0.5) is 10.1 Å². The van der Waals surface area contributed by atoms with Crippen LogP contribution in [0.1, 0.15) is 30.8 Å². The minimum atomic E-state index is -0.436. The van der Waals surface area contributed by atoms with Gasteiger partial charge in [0.1, 0.15) is 5.82 Å². The number of aryl methyl sites for hydroxylation is 2. The predicted octanol–water partition coefficient (Wildman–Crippen LogP) is 3.88. The first kappa shape index (κ1) is 15.5. The second-order valence-corrected chi connectivity index (χ2v) is 5.50. The summed E-state index contributed by atoms with van der Waals surface area (Å²) in [7, 11) is 0. The zero-order valence-electron chi connectivity index (χ0n) is 12.2. The lowest BCUT2D eigenvalue weighted by Crippen LogP contribution is -2.19. The van der Waals surface area contributed by atoms with E-state index in [-0.39, 0.29) is 23.4 Å². The van der Waals surface area contributed by atoms with Crippen molar-refractivity contribution in [3.05, 3.63) is 46.5 Å². The van der Waals surface area contributed by atoms with E-state index < -0.39 is 5.82 Å². The van der Waals surface area contributed by atoms with E-state index in [4.69, 9.17) is 11.6 Å². The molecule has 1 amide bonds. The summed E-state index contributed by atoms with van der Waals surface area (Å²) >= 11 is 5.88. The number of hydrogen-bond acceptors (Lipinski definition) is 2. The number of nitrogens with zero attached hydrogens (tertiary/aromatic N) is 2. The molecule has 1 heterocycles. The molecule has 1 atom stereocenters. The van der Waals surface area contributed by atoms with Gasteiger partial charge in [-0.2, -0.15) is 5.10 Å². The Morgan fingerprint density at radius 2 is 2.14 bits per heavy atom. The molecule has 0 saturated carbocycles. The zero-order chi connectivity index (χ0) is 15.6. The molecule has 2 rings (SSSR count). The van der Waals surface area contributed by atoms with Crippen LogP contribution in [0.25, 0.3) is 0 Å². The summed E-state index contributed by atoms with van der Waals surface area (Å²) in [5, 5.41) is 7.23. The Hall–Kier alpha value is -1.88. The van der Waals surface area contributed by atoms with Crippen LogP contribution in [-0.2, 0) is 4.79 Å². The van der Waals surface area contributed by atoms with Gasteiger partial charge in [0.2, 0.25) is 5.91 Å². The van der Waals surface area contributed by atoms with Gasteiger partial charge in [0.15, 0.2) is 0 Å². The lowest BCUT2D eigenvalue weighted by atomic mass is 10.2. The summed E-state index contributed by atoms with van der Waals surface area (Å²) in [5.74, 6) is -0.627. The smallest absolute Gasteiger partial charge is 0.226 e. The van der Waals surface area contributed by atoms with Crippen molar-refractivity contribution in [2.75, 3.05) is 5.32 Å². The van der Waals surface area contributed by atoms with Gasteiger partial charge < -0.3 is 5.32 Å². The Morgan fingerprint density at radius 1 is 1.43 bits per heavy atom. The number of carbonyl (C=O) groups excluding carboxylic acids is 1. The van der Waals surface area contributed by atoms with E-state index in [0.29, 0.717) is 5.69 Å². The molecule has 1 unspecified atom stereocenters. The van der Waals surface area contributed by atoms with E-state index in [2.05, 4.69) is 10.4 Å². The van der Waals surface area contributed by atoms with Crippen LogP contribution in [0.15, 0.2) is 24.3 Å². The third kappa shape index (κ3) is 3.82. The van der Waals surface area contributed by atoms with Gasteiger partial charge >= 0.3 is 0 Å². The van der Waals surface area contributed by atoms with Gasteiger partial charge in [-0.1, -0.05) is 11.6 Å². The molecule has 0 radical (unpaired) electrons. The van der Waals surface area contributed by atoms with Crippen LogP contribution in [0.5, 0.6) is 0 Å². The molecule has 1 aromatic carbocycles. The van der Waals surface area contributed by atoms with Crippen molar-refractivity contribution in [3.63, 3.8) is 0 Å². The molecule has 6 heteroatoms. The van der Waals surface area contributed by atoms with Crippen molar-refractivity contribution in [2.45, 2.75) is 33.2 Å². The summed E-state index contributed by atoms with van der Waals surface area (Å²) in [6.45, 7) is 5.78. The first-order chi connectivity index (χ1) is 9.86. The Labute approximate surface area is 127 Å². The first-order valence-corrected chi connectivity index (χ1v) is 7.02. The molecule has 1 aromatic heterocycles. The van der Waals surface area contributed by atoms with E-state index in [9.17, 15) is 9.18 Å². The van der Waals surface area contributed by atoms with Gasteiger partial charge in [0.05, 0.1) is 22.4 Å². The maximum absolute atomic E-state index is 13.0. The van der Waals surface area contributed by atoms with E-state index in [1.807, 2.05) is 31.5 Å². The Kier molecular flexibility index (Phi) is 4.63. The maximum Gasteiger partial charge on any atom is 0.226 e. The maximum atomic E-state index is 13.0. The molecule has 2 aromatic rings. The van der Waals surface area contributed by atoms with Crippen LogP contribution in [-0.4, -0.2) is 15.7 Å². The van der Waals surface area contributed by atoms with Crippen LogP contribution >= 0.6 is 11.6 Å². The number of hydrogen-bond donors (Lipinski definition) is 1. The number of halogens is 2. The highest BCUT2D eigenvalue weighted by atomic mass is 35.5. The van der Waals surface area contributed by atoms with Crippen molar-refractivity contribution >= 4 is 23.2 Å². The lowest BCUT2D eigenvalue weighted by Gasteiger charge is -2.14. The number of carbonyl (C=O) groups is 1. The summed E-state index contributed by atoms with van der Waals surface area (Å²) in [4.78, 5) is 12.0. The van der Waals surface area contributed by atoms with Gasteiger partial charge in [-0.25, -0.2) is 4.39 Å². The first-order valence-electron chi connectivity index (χ1n) is 6.64. The minimum Gasteiger partial charge on any atom is -0.325 e. The predicted molar refractivity (Wildman–Crippen MR) is 81.1 cm³/mol. The fraction of sp³-hybridized carbons (Fsp3) is 0.333. The van der Waals surface area contributed by atoms with Crippen molar-refractivity contribution in [1.82, 2.24) is 9.78 Å². The fourth-order valence-electron chi connectivity index (χ4n) is 2.24. The standard InChI is InChI=1S/C15H17ClFN3O/c1-9-6-10(2)20(19-9)11(3)7-15(21)18-14-5-4-12(17)8-13(14)16/h4-6,8,11H,7H2,1-3H3,(H,18,21). The Bertz CT molecular complexity index is 669. The fourth-order valence-corrected chi connectivity index (χ4v) is 2.45. The van der Waals surface area contributed by atoms with Gasteiger partial charge in [-0.3, -0.25) is 9.48 Å². The van der Waals surface area contributed by atoms with Gasteiger partial charge in [0, 0.05) is 12.1 Å². The SMILES string of the molecule is Cc1cc(C)n(C(C)CC(=O)Nc2ccc(F)cc2Cl)n1. The average molecular weight is 310 g/mol. The third-order valence-corrected chi connectivity index (χ3v) is 3.46. The van der Waals surface area contributed by atoms with Gasteiger partial charge in [-0.15, -0.1) is 0 Å². The quantitative estimate of drug-likeness (QED) is 0.931. The third-order valence-electron chi connectivity index (χ3n) is 3.15. The Morgan fingerprint density at radius 3 is 2.71 bits per heavy atom. The highest BCUT2D eigenvalue weighted by Crippen LogP contribution is 2.23. The van der Waals surface area contributed by atoms with Crippen LogP contribution in [0.3, 0.4) is 0 Å². The average Bonchev–Trinajstić information content (AvgIpc) is 2.72. The molecule has 0 saturated heterocycles.